The summed E-state index contributed by atoms with van der Waals surface area (Å²) in [6, 6.07) is 70.7. The maximum Gasteiger partial charge on any atom is -0.000717 e. The normalized spacial score (nSPS) is 13.1. The van der Waals surface area contributed by atoms with Gasteiger partial charge in [0.2, 0.25) is 0 Å². The predicted octanol–water partition coefficient (Wildman–Crippen LogP) is 23.5. The summed E-state index contributed by atoms with van der Waals surface area (Å²) in [5.74, 6) is 0. The zero-order valence-corrected chi connectivity index (χ0v) is 49.1. The SMILES string of the molecule is CCc1ccc(CC)c2c1-c1ccc3c4ccc5c6c(-c7ccc(C)cc7)c7c8ccc9c%10ccc%11c%12c(ccc(c%13ccc(c7c(-c7ccc(C)cc7)c6c6ccc(c7ccc-2c1c37)c4c56)c8c9%13)c%12%10)=c1c(CC)c2c(C)cccc2c(CC)c1=%11. The van der Waals surface area contributed by atoms with Crippen molar-refractivity contribution in [3.05, 3.63) is 236 Å². The van der Waals surface area contributed by atoms with Crippen LogP contribution in [0.2, 0.25) is 0 Å². The molecule has 0 unspecified atom stereocenters. The molecule has 85 heavy (non-hydrogen) atoms. The Morgan fingerprint density at radius 3 is 1.00 bits per heavy atom. The van der Waals surface area contributed by atoms with E-state index >= 15 is 0 Å². The summed E-state index contributed by atoms with van der Waals surface area (Å²) in [6.07, 6.45) is 4.03. The summed E-state index contributed by atoms with van der Waals surface area (Å²) in [5.41, 5.74) is 20.7. The van der Waals surface area contributed by atoms with Gasteiger partial charge in [0.05, 0.1) is 0 Å². The Hall–Kier alpha value is -9.62. The first-order valence-electron chi connectivity index (χ1n) is 31.3. The number of hydrogen-bond donors (Lipinski definition) is 0. The van der Waals surface area contributed by atoms with E-state index in [1.807, 2.05) is 0 Å². The van der Waals surface area contributed by atoms with Gasteiger partial charge in [-0.25, -0.2) is 0 Å². The van der Waals surface area contributed by atoms with Crippen LogP contribution < -0.4 is 0 Å². The van der Waals surface area contributed by atoms with Crippen molar-refractivity contribution in [3.8, 4) is 44.5 Å². The van der Waals surface area contributed by atoms with Crippen LogP contribution in [0.3, 0.4) is 0 Å². The molecule has 0 nitrogen and oxygen atoms in total. The molecule has 0 bridgehead atoms. The monoisotopic (exact) mass is 1080 g/mol. The minimum atomic E-state index is 0.995. The number of fused-ring (bicyclic) bond motifs is 15. The standard InChI is InChI=1S/C85H58/c1-8-44-23-24-45(9-2)69-60-34-26-52-56-30-38-64-80-63(37-29-55(76(56)80)51-25-33-59(68(44)69)78(60)74(51)52)82-70(46-19-15-41(5)16-20-46)84-65-39-31-57-53-27-35-61-72-48(10-3)50-14-12-13-43(7)67(50)49(11-4)73(72)62-36-28-54(75(53)79(61)62)58-32-40-66(81(65)77(57)58)85(84)71(83(64)82)47-21-17-42(6)18-22-47/h12-40H,8-11H2,1-7H3. The second-order valence-corrected chi connectivity index (χ2v) is 25.5. The van der Waals surface area contributed by atoms with Crippen molar-refractivity contribution in [1.82, 2.24) is 0 Å². The number of hydrogen-bond acceptors (Lipinski definition) is 0. The van der Waals surface area contributed by atoms with E-state index < -0.39 is 0 Å². The average Bonchev–Trinajstić information content (AvgIpc) is 1.57. The molecule has 0 fully saturated rings. The highest BCUT2D eigenvalue weighted by atomic mass is 14.4. The number of rotatable bonds is 6. The lowest BCUT2D eigenvalue weighted by atomic mass is 9.86. The highest BCUT2D eigenvalue weighted by Gasteiger charge is 2.33. The van der Waals surface area contributed by atoms with Gasteiger partial charge in [0.25, 0.3) is 0 Å². The van der Waals surface area contributed by atoms with E-state index in [9.17, 15) is 0 Å². The molecule has 0 spiro atoms. The van der Waals surface area contributed by atoms with Gasteiger partial charge in [0.15, 0.2) is 0 Å². The largest absolute Gasteiger partial charge is 0.0614 e. The average molecular weight is 1080 g/mol. The molecule has 18 aromatic carbocycles. The van der Waals surface area contributed by atoms with E-state index in [0.717, 1.165) is 25.7 Å². The molecule has 18 aromatic rings. The van der Waals surface area contributed by atoms with E-state index in [4.69, 9.17) is 0 Å². The maximum atomic E-state index is 2.53. The summed E-state index contributed by atoms with van der Waals surface area (Å²) in [6.45, 7) is 16.1. The van der Waals surface area contributed by atoms with Gasteiger partial charge in [-0.3, -0.25) is 0 Å². The van der Waals surface area contributed by atoms with Crippen LogP contribution in [0.4, 0.5) is 0 Å². The van der Waals surface area contributed by atoms with Crippen molar-refractivity contribution >= 4 is 140 Å². The molecule has 0 amide bonds. The molecule has 0 aliphatic heterocycles. The second-order valence-electron chi connectivity index (χ2n) is 25.5. The van der Waals surface area contributed by atoms with Crippen LogP contribution in [0.25, 0.3) is 185 Å². The Bertz CT molecular complexity index is 6080. The summed E-state index contributed by atoms with van der Waals surface area (Å²) in [4.78, 5) is 0. The first-order chi connectivity index (χ1) is 41.8. The van der Waals surface area contributed by atoms with Crippen molar-refractivity contribution in [2.75, 3.05) is 0 Å². The molecule has 20 rings (SSSR count). The first kappa shape index (κ1) is 46.8. The van der Waals surface area contributed by atoms with Gasteiger partial charge in [-0.15, -0.1) is 0 Å². The van der Waals surface area contributed by atoms with Crippen LogP contribution in [0.5, 0.6) is 0 Å². The molecule has 0 radical (unpaired) electrons. The van der Waals surface area contributed by atoms with E-state index in [1.165, 1.54) is 244 Å². The van der Waals surface area contributed by atoms with E-state index in [2.05, 4.69) is 224 Å². The van der Waals surface area contributed by atoms with Gasteiger partial charge in [0.1, 0.15) is 0 Å². The second kappa shape index (κ2) is 16.0. The fraction of sp³-hybridized carbons (Fsp3) is 0.129. The predicted molar refractivity (Wildman–Crippen MR) is 368 cm³/mol. The lowest BCUT2D eigenvalue weighted by Gasteiger charge is -2.16. The smallest absolute Gasteiger partial charge is 0.000717 e. The zero-order valence-electron chi connectivity index (χ0n) is 49.1. The van der Waals surface area contributed by atoms with Crippen molar-refractivity contribution in [2.45, 2.75) is 74.1 Å². The van der Waals surface area contributed by atoms with E-state index in [-0.39, 0.29) is 0 Å². The van der Waals surface area contributed by atoms with Crippen LogP contribution >= 0.6 is 0 Å². The molecule has 0 N–H and O–H groups in total. The van der Waals surface area contributed by atoms with Crippen molar-refractivity contribution in [3.63, 3.8) is 0 Å². The highest BCUT2D eigenvalue weighted by Crippen LogP contribution is 2.60. The Morgan fingerprint density at radius 2 is 0.588 bits per heavy atom. The Kier molecular flexibility index (Phi) is 8.79. The summed E-state index contributed by atoms with van der Waals surface area (Å²) in [7, 11) is 0. The minimum Gasteiger partial charge on any atom is -0.0614 e. The molecule has 2 aliphatic carbocycles. The molecule has 0 heteroatoms. The highest BCUT2D eigenvalue weighted by molar-refractivity contribution is 6.52. The van der Waals surface area contributed by atoms with Crippen molar-refractivity contribution < 1.29 is 0 Å². The molecule has 0 aromatic heterocycles. The third kappa shape index (κ3) is 5.37. The van der Waals surface area contributed by atoms with E-state index in [1.54, 1.807) is 0 Å². The third-order valence-corrected chi connectivity index (χ3v) is 21.7. The Balaban J connectivity index is 0.953. The van der Waals surface area contributed by atoms with Crippen molar-refractivity contribution in [1.29, 1.82) is 0 Å². The third-order valence-electron chi connectivity index (χ3n) is 21.7. The molecule has 0 saturated carbocycles. The first-order valence-corrected chi connectivity index (χ1v) is 31.3. The summed E-state index contributed by atoms with van der Waals surface area (Å²) >= 11 is 0. The van der Waals surface area contributed by atoms with Crippen LogP contribution in [0, 0.1) is 41.6 Å². The molecule has 398 valence electrons. The molecular weight excluding hydrogens is 1020 g/mol. The zero-order chi connectivity index (χ0) is 56.3. The van der Waals surface area contributed by atoms with Crippen LogP contribution in [0.1, 0.15) is 66.6 Å². The fourth-order valence-corrected chi connectivity index (χ4v) is 18.4. The molecule has 0 heterocycles. The van der Waals surface area contributed by atoms with E-state index in [0.29, 0.717) is 0 Å². The summed E-state index contributed by atoms with van der Waals surface area (Å²) < 4.78 is 0. The minimum absolute atomic E-state index is 0.995. The fourth-order valence-electron chi connectivity index (χ4n) is 18.4. The topological polar surface area (TPSA) is 0 Å². The molecule has 0 atom stereocenters. The van der Waals surface area contributed by atoms with Gasteiger partial charge in [-0.05, 0) is 280 Å². The van der Waals surface area contributed by atoms with Crippen LogP contribution in [0.15, 0.2) is 176 Å². The molecule has 0 saturated heterocycles. The Morgan fingerprint density at radius 1 is 0.235 bits per heavy atom. The lowest BCUT2D eigenvalue weighted by Crippen LogP contribution is -1.97. The maximum absolute atomic E-state index is 2.53. The van der Waals surface area contributed by atoms with Crippen molar-refractivity contribution in [2.24, 2.45) is 0 Å². The van der Waals surface area contributed by atoms with Gasteiger partial charge < -0.3 is 0 Å². The Labute approximate surface area is 491 Å². The van der Waals surface area contributed by atoms with Gasteiger partial charge >= 0.3 is 0 Å². The number of aryl methyl sites for hydroxylation is 7. The van der Waals surface area contributed by atoms with Crippen LogP contribution in [-0.2, 0) is 25.7 Å². The van der Waals surface area contributed by atoms with Gasteiger partial charge in [-0.2, -0.15) is 0 Å². The molecular formula is C85H58. The van der Waals surface area contributed by atoms with Crippen LogP contribution in [-0.4, -0.2) is 0 Å². The summed E-state index contributed by atoms with van der Waals surface area (Å²) in [5, 5.41) is 41.4. The molecule has 2 aliphatic rings. The number of benzene rings is 16. The lowest BCUT2D eigenvalue weighted by molar-refractivity contribution is 1.09. The van der Waals surface area contributed by atoms with Gasteiger partial charge in [-0.1, -0.05) is 215 Å². The van der Waals surface area contributed by atoms with Gasteiger partial charge in [0, 0.05) is 0 Å². The quantitative estimate of drug-likeness (QED) is 0.115.